The number of nitrogens with one attached hydrogen (secondary N) is 1. The number of hydrogen-bond donors (Lipinski definition) is 1. The Bertz CT molecular complexity index is 879. The van der Waals surface area contributed by atoms with Gasteiger partial charge in [0.2, 0.25) is 5.13 Å². The SMILES string of the molecule is Cc1ccc(-c2csc(N/N=C\c3ccc(N(C)C)cc3)n2)c(C)c1. The Balaban J connectivity index is 1.67. The third-order valence-electron chi connectivity index (χ3n) is 3.95. The minimum Gasteiger partial charge on any atom is -0.378 e. The largest absolute Gasteiger partial charge is 0.378 e. The second-order valence-electron chi connectivity index (χ2n) is 6.21. The monoisotopic (exact) mass is 350 g/mol. The fraction of sp³-hybridized carbons (Fsp3) is 0.200. The van der Waals surface area contributed by atoms with Crippen molar-refractivity contribution < 1.29 is 0 Å². The number of thiazole rings is 1. The average molecular weight is 350 g/mol. The van der Waals surface area contributed by atoms with Crippen molar-refractivity contribution in [2.24, 2.45) is 5.10 Å². The van der Waals surface area contributed by atoms with Crippen molar-refractivity contribution in [1.29, 1.82) is 0 Å². The van der Waals surface area contributed by atoms with Crippen molar-refractivity contribution in [3.05, 3.63) is 64.5 Å². The van der Waals surface area contributed by atoms with Gasteiger partial charge in [-0.3, -0.25) is 5.43 Å². The van der Waals surface area contributed by atoms with Crippen LogP contribution in [0.1, 0.15) is 16.7 Å². The van der Waals surface area contributed by atoms with Crippen LogP contribution in [-0.4, -0.2) is 25.3 Å². The smallest absolute Gasteiger partial charge is 0.203 e. The first-order valence-electron chi connectivity index (χ1n) is 8.12. The lowest BCUT2D eigenvalue weighted by molar-refractivity contribution is 1.13. The molecule has 3 rings (SSSR count). The number of anilines is 2. The van der Waals surface area contributed by atoms with E-state index < -0.39 is 0 Å². The highest BCUT2D eigenvalue weighted by atomic mass is 32.1. The molecule has 0 aliphatic carbocycles. The van der Waals surface area contributed by atoms with E-state index in [2.05, 4.69) is 70.0 Å². The van der Waals surface area contributed by atoms with Crippen LogP contribution in [0.4, 0.5) is 10.8 Å². The Morgan fingerprint density at radius 3 is 2.52 bits per heavy atom. The first-order valence-corrected chi connectivity index (χ1v) is 9.00. The Morgan fingerprint density at radius 2 is 1.84 bits per heavy atom. The zero-order valence-corrected chi connectivity index (χ0v) is 15.8. The van der Waals surface area contributed by atoms with E-state index in [0.29, 0.717) is 0 Å². The molecule has 128 valence electrons. The van der Waals surface area contributed by atoms with E-state index in [4.69, 9.17) is 0 Å². The topological polar surface area (TPSA) is 40.5 Å². The maximum atomic E-state index is 4.63. The molecule has 0 spiro atoms. The van der Waals surface area contributed by atoms with Gasteiger partial charge in [-0.1, -0.05) is 35.9 Å². The van der Waals surface area contributed by atoms with Crippen LogP contribution in [0.3, 0.4) is 0 Å². The molecular weight excluding hydrogens is 328 g/mol. The zero-order valence-electron chi connectivity index (χ0n) is 14.9. The van der Waals surface area contributed by atoms with Gasteiger partial charge in [-0.25, -0.2) is 4.98 Å². The molecule has 25 heavy (non-hydrogen) atoms. The average Bonchev–Trinajstić information content (AvgIpc) is 3.04. The molecule has 5 heteroatoms. The Morgan fingerprint density at radius 1 is 1.08 bits per heavy atom. The summed E-state index contributed by atoms with van der Waals surface area (Å²) in [6, 6.07) is 14.7. The van der Waals surface area contributed by atoms with E-state index >= 15 is 0 Å². The van der Waals surface area contributed by atoms with Gasteiger partial charge in [-0.15, -0.1) is 11.3 Å². The summed E-state index contributed by atoms with van der Waals surface area (Å²) >= 11 is 1.56. The molecule has 2 aromatic carbocycles. The van der Waals surface area contributed by atoms with E-state index in [9.17, 15) is 0 Å². The molecule has 0 saturated heterocycles. The van der Waals surface area contributed by atoms with E-state index in [0.717, 1.165) is 22.0 Å². The first kappa shape index (κ1) is 17.2. The van der Waals surface area contributed by atoms with Gasteiger partial charge in [-0.05, 0) is 37.1 Å². The van der Waals surface area contributed by atoms with Crippen LogP contribution in [0, 0.1) is 13.8 Å². The minimum absolute atomic E-state index is 0.788. The molecule has 0 aliphatic heterocycles. The van der Waals surface area contributed by atoms with Gasteiger partial charge >= 0.3 is 0 Å². The highest BCUT2D eigenvalue weighted by Crippen LogP contribution is 2.27. The molecule has 0 aliphatic rings. The van der Waals surface area contributed by atoms with Gasteiger partial charge in [0.15, 0.2) is 0 Å². The summed E-state index contributed by atoms with van der Waals surface area (Å²) in [6.07, 6.45) is 1.80. The van der Waals surface area contributed by atoms with E-state index in [1.807, 2.05) is 26.2 Å². The fourth-order valence-corrected chi connectivity index (χ4v) is 3.23. The van der Waals surface area contributed by atoms with Crippen molar-refractivity contribution in [3.8, 4) is 11.3 Å². The molecule has 0 unspecified atom stereocenters. The number of benzene rings is 2. The van der Waals surface area contributed by atoms with Gasteiger partial charge in [0.05, 0.1) is 11.9 Å². The standard InChI is InChI=1S/C20H22N4S/c1-14-5-10-18(15(2)11-14)19-13-25-20(22-19)23-21-12-16-6-8-17(9-7-16)24(3)4/h5-13H,1-4H3,(H,22,23)/b21-12-. The fourth-order valence-electron chi connectivity index (χ4n) is 2.57. The predicted octanol–water partition coefficient (Wildman–Crippen LogP) is 4.94. The number of hydrogen-bond acceptors (Lipinski definition) is 5. The van der Waals surface area contributed by atoms with Crippen LogP contribution < -0.4 is 10.3 Å². The van der Waals surface area contributed by atoms with Gasteiger partial charge in [0.25, 0.3) is 0 Å². The summed E-state index contributed by atoms with van der Waals surface area (Å²) in [6.45, 7) is 4.22. The number of aromatic nitrogens is 1. The molecule has 0 amide bonds. The van der Waals surface area contributed by atoms with Gasteiger partial charge in [-0.2, -0.15) is 5.10 Å². The Hall–Kier alpha value is -2.66. The van der Waals surface area contributed by atoms with Crippen LogP contribution in [0.2, 0.25) is 0 Å². The summed E-state index contributed by atoms with van der Waals surface area (Å²) < 4.78 is 0. The summed E-state index contributed by atoms with van der Waals surface area (Å²) in [5.41, 5.74) is 9.88. The van der Waals surface area contributed by atoms with E-state index in [1.54, 1.807) is 17.6 Å². The molecule has 0 radical (unpaired) electrons. The highest BCUT2D eigenvalue weighted by Gasteiger charge is 2.06. The summed E-state index contributed by atoms with van der Waals surface area (Å²) in [4.78, 5) is 6.70. The molecule has 0 fully saturated rings. The summed E-state index contributed by atoms with van der Waals surface area (Å²) in [5, 5.41) is 7.13. The maximum absolute atomic E-state index is 4.63. The number of nitrogens with zero attached hydrogens (tertiary/aromatic N) is 3. The predicted molar refractivity (Wildman–Crippen MR) is 109 cm³/mol. The first-order chi connectivity index (χ1) is 12.0. The number of rotatable bonds is 5. The molecule has 0 bridgehead atoms. The Kier molecular flexibility index (Phi) is 5.14. The van der Waals surface area contributed by atoms with E-state index in [1.165, 1.54) is 16.8 Å². The normalized spacial score (nSPS) is 11.0. The minimum atomic E-state index is 0.788. The van der Waals surface area contributed by atoms with Gasteiger partial charge < -0.3 is 4.90 Å². The van der Waals surface area contributed by atoms with Crippen LogP contribution in [0.15, 0.2) is 52.9 Å². The molecule has 3 aromatic rings. The van der Waals surface area contributed by atoms with Crippen LogP contribution in [0.5, 0.6) is 0 Å². The zero-order chi connectivity index (χ0) is 17.8. The van der Waals surface area contributed by atoms with Crippen molar-refractivity contribution in [1.82, 2.24) is 4.98 Å². The quantitative estimate of drug-likeness (QED) is 0.523. The molecular formula is C20H22N4S. The lowest BCUT2D eigenvalue weighted by Gasteiger charge is -2.11. The lowest BCUT2D eigenvalue weighted by atomic mass is 10.0. The molecule has 4 nitrogen and oxygen atoms in total. The maximum Gasteiger partial charge on any atom is 0.203 e. The second-order valence-corrected chi connectivity index (χ2v) is 7.07. The van der Waals surface area contributed by atoms with Crippen LogP contribution >= 0.6 is 11.3 Å². The van der Waals surface area contributed by atoms with Crippen LogP contribution in [-0.2, 0) is 0 Å². The lowest BCUT2D eigenvalue weighted by Crippen LogP contribution is -2.08. The van der Waals surface area contributed by atoms with Crippen molar-refractivity contribution in [3.63, 3.8) is 0 Å². The highest BCUT2D eigenvalue weighted by molar-refractivity contribution is 7.14. The third-order valence-corrected chi connectivity index (χ3v) is 4.69. The summed E-state index contributed by atoms with van der Waals surface area (Å²) in [7, 11) is 4.06. The molecule has 1 aromatic heterocycles. The van der Waals surface area contributed by atoms with E-state index in [-0.39, 0.29) is 0 Å². The molecule has 1 heterocycles. The summed E-state index contributed by atoms with van der Waals surface area (Å²) in [5.74, 6) is 0. The van der Waals surface area contributed by atoms with Gasteiger partial charge in [0.1, 0.15) is 0 Å². The van der Waals surface area contributed by atoms with Gasteiger partial charge in [0, 0.05) is 30.7 Å². The van der Waals surface area contributed by atoms with Crippen molar-refractivity contribution in [2.45, 2.75) is 13.8 Å². The van der Waals surface area contributed by atoms with Crippen molar-refractivity contribution in [2.75, 3.05) is 24.4 Å². The third kappa shape index (κ3) is 4.25. The molecule has 0 atom stereocenters. The van der Waals surface area contributed by atoms with Crippen molar-refractivity contribution >= 4 is 28.4 Å². The Labute approximate surface area is 152 Å². The molecule has 0 saturated carbocycles. The number of hydrazone groups is 1. The number of aryl methyl sites for hydroxylation is 2. The second kappa shape index (κ2) is 7.49. The van der Waals surface area contributed by atoms with Crippen LogP contribution in [0.25, 0.3) is 11.3 Å². The molecule has 1 N–H and O–H groups in total.